The Hall–Kier alpha value is -3.71. The van der Waals surface area contributed by atoms with E-state index in [1.54, 1.807) is 49.5 Å². The molecule has 10 nitrogen and oxygen atoms in total. The van der Waals surface area contributed by atoms with E-state index in [-0.39, 0.29) is 23.9 Å². The van der Waals surface area contributed by atoms with Crippen molar-refractivity contribution in [3.63, 3.8) is 0 Å². The summed E-state index contributed by atoms with van der Waals surface area (Å²) in [4.78, 5) is 37.8. The van der Waals surface area contributed by atoms with Gasteiger partial charge >= 0.3 is 12.1 Å². The van der Waals surface area contributed by atoms with Crippen LogP contribution < -0.4 is 5.32 Å². The number of carboxylic acid groups (broad SMARTS) is 1. The van der Waals surface area contributed by atoms with E-state index >= 15 is 0 Å². The number of hydrogen-bond donors (Lipinski definition) is 2. The monoisotopic (exact) mass is 554 g/mol. The van der Waals surface area contributed by atoms with Gasteiger partial charge in [0.25, 0.3) is 5.91 Å². The lowest BCUT2D eigenvalue weighted by Crippen LogP contribution is -2.52. The fourth-order valence-electron chi connectivity index (χ4n) is 3.94. The summed E-state index contributed by atoms with van der Waals surface area (Å²) in [6.45, 7) is 7.83. The van der Waals surface area contributed by atoms with Gasteiger partial charge in [0.05, 0.1) is 11.6 Å². The quantitative estimate of drug-likeness (QED) is 0.502. The van der Waals surface area contributed by atoms with Crippen LogP contribution in [0.25, 0.3) is 5.65 Å². The van der Waals surface area contributed by atoms with Gasteiger partial charge in [-0.2, -0.15) is 13.2 Å². The zero-order valence-electron chi connectivity index (χ0n) is 20.7. The molecule has 1 fully saturated rings. The van der Waals surface area contributed by atoms with E-state index in [2.05, 4.69) is 34.3 Å². The van der Waals surface area contributed by atoms with Gasteiger partial charge in [-0.15, -0.1) is 10.2 Å². The molecule has 1 saturated heterocycles. The van der Waals surface area contributed by atoms with Crippen molar-refractivity contribution in [3.05, 3.63) is 59.0 Å². The zero-order valence-corrected chi connectivity index (χ0v) is 21.5. The summed E-state index contributed by atoms with van der Waals surface area (Å²) < 4.78 is 33.6. The first-order valence-electron chi connectivity index (χ1n) is 11.5. The summed E-state index contributed by atoms with van der Waals surface area (Å²) in [5.41, 5.74) is 1.80. The second-order valence-corrected chi connectivity index (χ2v) is 9.22. The number of nitrogens with one attached hydrogen (secondary N) is 1. The molecule has 0 bridgehead atoms. The van der Waals surface area contributed by atoms with Crippen molar-refractivity contribution in [1.82, 2.24) is 24.4 Å². The van der Waals surface area contributed by atoms with Crippen molar-refractivity contribution in [2.45, 2.75) is 39.0 Å². The molecule has 1 atom stereocenters. The minimum absolute atomic E-state index is 0.0465. The van der Waals surface area contributed by atoms with Crippen LogP contribution >= 0.6 is 11.6 Å². The Kier molecular flexibility index (Phi) is 8.94. The summed E-state index contributed by atoms with van der Waals surface area (Å²) in [5.74, 6) is -2.23. The van der Waals surface area contributed by atoms with E-state index in [9.17, 15) is 22.8 Å². The zero-order chi connectivity index (χ0) is 28.2. The molecule has 0 spiro atoms. The largest absolute Gasteiger partial charge is 0.490 e. The number of amides is 2. The van der Waals surface area contributed by atoms with Crippen LogP contribution in [-0.4, -0.2) is 79.1 Å². The topological polar surface area (TPSA) is 120 Å². The Balaban J connectivity index is 0.000000505. The highest BCUT2D eigenvalue weighted by molar-refractivity contribution is 6.30. The molecule has 38 heavy (non-hydrogen) atoms. The Morgan fingerprint density at radius 3 is 2.26 bits per heavy atom. The molecular weight excluding hydrogens is 529 g/mol. The fraction of sp³-hybridized carbons (Fsp3) is 0.375. The number of carbonyl (C=O) groups excluding carboxylic acids is 2. The van der Waals surface area contributed by atoms with Gasteiger partial charge in [-0.05, 0) is 50.2 Å². The molecule has 1 aliphatic rings. The highest BCUT2D eigenvalue weighted by Crippen LogP contribution is 2.27. The molecule has 0 radical (unpaired) electrons. The molecular formula is C24H26ClF3N6O4. The van der Waals surface area contributed by atoms with E-state index in [0.29, 0.717) is 35.0 Å². The summed E-state index contributed by atoms with van der Waals surface area (Å²) in [7, 11) is 0. The molecule has 2 amide bonds. The van der Waals surface area contributed by atoms with Gasteiger partial charge in [0.15, 0.2) is 11.5 Å². The molecule has 14 heteroatoms. The van der Waals surface area contributed by atoms with E-state index in [4.69, 9.17) is 21.5 Å². The Morgan fingerprint density at radius 1 is 1.08 bits per heavy atom. The first-order valence-corrected chi connectivity index (χ1v) is 11.9. The fourth-order valence-corrected chi connectivity index (χ4v) is 4.06. The molecule has 1 aromatic carbocycles. The molecule has 3 heterocycles. The average molecular weight is 555 g/mol. The van der Waals surface area contributed by atoms with Crippen LogP contribution in [0.3, 0.4) is 0 Å². The molecule has 4 rings (SSSR count). The SMILES string of the molecule is CC(=O)N1CCN(C(C)C)C(c2nnc3ccc(C(=O)Nc4ccc(Cl)cc4)cn23)C1.O=C(O)C(F)(F)F. The Morgan fingerprint density at radius 2 is 1.71 bits per heavy atom. The van der Waals surface area contributed by atoms with Gasteiger partial charge in [0.1, 0.15) is 0 Å². The van der Waals surface area contributed by atoms with Crippen molar-refractivity contribution < 1.29 is 32.7 Å². The number of carbonyl (C=O) groups is 3. The molecule has 0 aliphatic carbocycles. The third kappa shape index (κ3) is 6.98. The van der Waals surface area contributed by atoms with Gasteiger partial charge in [-0.1, -0.05) is 11.6 Å². The van der Waals surface area contributed by atoms with E-state index in [1.807, 2.05) is 9.30 Å². The standard InChI is InChI=1S/C22H25ClN6O2.C2HF3O2/c1-14(2)28-11-10-27(15(3)30)13-19(28)21-26-25-20-9-4-16(12-29(20)21)22(31)24-18-7-5-17(23)6-8-18;3-2(4,5)1(6)7/h4-9,12,14,19H,10-11,13H2,1-3H3,(H,24,31);(H,6,7). The maximum Gasteiger partial charge on any atom is 0.490 e. The Bertz CT molecular complexity index is 1310. The number of carboxylic acids is 1. The van der Waals surface area contributed by atoms with E-state index in [1.165, 1.54) is 0 Å². The van der Waals surface area contributed by atoms with E-state index in [0.717, 1.165) is 12.4 Å². The van der Waals surface area contributed by atoms with Crippen LogP contribution in [-0.2, 0) is 9.59 Å². The van der Waals surface area contributed by atoms with Crippen molar-refractivity contribution in [1.29, 1.82) is 0 Å². The summed E-state index contributed by atoms with van der Waals surface area (Å²) in [6, 6.07) is 10.6. The maximum atomic E-state index is 12.8. The van der Waals surface area contributed by atoms with Gasteiger partial charge in [0, 0.05) is 49.5 Å². The summed E-state index contributed by atoms with van der Waals surface area (Å²) in [5, 5.41) is 19.3. The number of aliphatic carboxylic acids is 1. The minimum atomic E-state index is -5.08. The molecule has 2 aromatic heterocycles. The third-order valence-electron chi connectivity index (χ3n) is 5.86. The normalized spacial score (nSPS) is 16.2. The Labute approximate surface area is 221 Å². The number of hydrogen-bond acceptors (Lipinski definition) is 6. The number of nitrogens with zero attached hydrogens (tertiary/aromatic N) is 5. The average Bonchev–Trinajstić information content (AvgIpc) is 3.28. The summed E-state index contributed by atoms with van der Waals surface area (Å²) >= 11 is 5.91. The summed E-state index contributed by atoms with van der Waals surface area (Å²) in [6.07, 6.45) is -3.33. The van der Waals surface area contributed by atoms with Gasteiger partial charge in [-0.3, -0.25) is 18.9 Å². The highest BCUT2D eigenvalue weighted by atomic mass is 35.5. The lowest BCUT2D eigenvalue weighted by Gasteiger charge is -2.42. The smallest absolute Gasteiger partial charge is 0.475 e. The first kappa shape index (κ1) is 28.9. The van der Waals surface area contributed by atoms with Crippen LogP contribution in [0.5, 0.6) is 0 Å². The van der Waals surface area contributed by atoms with Crippen LogP contribution in [0.4, 0.5) is 18.9 Å². The molecule has 2 N–H and O–H groups in total. The van der Waals surface area contributed by atoms with Crippen LogP contribution in [0.1, 0.15) is 43.0 Å². The number of anilines is 1. The first-order chi connectivity index (χ1) is 17.8. The number of alkyl halides is 3. The number of fused-ring (bicyclic) bond motifs is 1. The maximum absolute atomic E-state index is 12.8. The number of pyridine rings is 1. The van der Waals surface area contributed by atoms with Gasteiger partial charge in [-0.25, -0.2) is 4.79 Å². The highest BCUT2D eigenvalue weighted by Gasteiger charge is 2.38. The van der Waals surface area contributed by atoms with Crippen LogP contribution in [0.2, 0.25) is 5.02 Å². The van der Waals surface area contributed by atoms with Crippen molar-refractivity contribution in [2.75, 3.05) is 25.0 Å². The molecule has 204 valence electrons. The third-order valence-corrected chi connectivity index (χ3v) is 6.12. The molecule has 1 unspecified atom stereocenters. The molecule has 1 aliphatic heterocycles. The van der Waals surface area contributed by atoms with Crippen LogP contribution in [0.15, 0.2) is 42.6 Å². The number of benzene rings is 1. The lowest BCUT2D eigenvalue weighted by molar-refractivity contribution is -0.192. The minimum Gasteiger partial charge on any atom is -0.475 e. The number of piperazine rings is 1. The molecule has 0 saturated carbocycles. The number of halogens is 4. The second kappa shape index (κ2) is 11.8. The lowest BCUT2D eigenvalue weighted by atomic mass is 10.1. The van der Waals surface area contributed by atoms with Crippen molar-refractivity contribution in [3.8, 4) is 0 Å². The van der Waals surface area contributed by atoms with Crippen molar-refractivity contribution in [2.24, 2.45) is 0 Å². The van der Waals surface area contributed by atoms with Crippen molar-refractivity contribution >= 4 is 40.7 Å². The van der Waals surface area contributed by atoms with Gasteiger partial charge in [0.2, 0.25) is 5.91 Å². The predicted octanol–water partition coefficient (Wildman–Crippen LogP) is 3.88. The van der Waals surface area contributed by atoms with E-state index < -0.39 is 12.1 Å². The van der Waals surface area contributed by atoms with Gasteiger partial charge < -0.3 is 15.3 Å². The predicted molar refractivity (Wildman–Crippen MR) is 133 cm³/mol. The molecule has 3 aromatic rings. The second-order valence-electron chi connectivity index (χ2n) is 8.78. The number of aromatic nitrogens is 3. The number of rotatable bonds is 4. The van der Waals surface area contributed by atoms with Crippen LogP contribution in [0, 0.1) is 0 Å².